The van der Waals surface area contributed by atoms with Crippen molar-refractivity contribution in [2.75, 3.05) is 0 Å². The molecule has 0 spiro atoms. The Labute approximate surface area is 118 Å². The molecule has 0 radical (unpaired) electrons. The molecular formula is C14H13F3N2O2. The number of hydrogen-bond acceptors (Lipinski definition) is 2. The molecule has 0 aliphatic rings. The van der Waals surface area contributed by atoms with Crippen molar-refractivity contribution in [3.63, 3.8) is 0 Å². The molecule has 0 aliphatic carbocycles. The maximum Gasteiger partial charge on any atom is 0.417 e. The average molecular weight is 298 g/mol. The molecule has 2 rings (SSSR count). The van der Waals surface area contributed by atoms with Crippen LogP contribution in [0.15, 0.2) is 18.2 Å². The molecule has 0 saturated carbocycles. The number of carboxylic acid groups (broad SMARTS) is 1. The zero-order valence-electron chi connectivity index (χ0n) is 11.6. The highest BCUT2D eigenvalue weighted by Gasteiger charge is 2.35. The van der Waals surface area contributed by atoms with E-state index in [-0.39, 0.29) is 0 Å². The fourth-order valence-corrected chi connectivity index (χ4v) is 2.32. The fraction of sp³-hybridized carbons (Fsp3) is 0.286. The highest BCUT2D eigenvalue weighted by atomic mass is 19.4. The third-order valence-corrected chi connectivity index (χ3v) is 3.35. The number of benzene rings is 1. The summed E-state index contributed by atoms with van der Waals surface area (Å²) in [5.74, 6) is -1.61. The van der Waals surface area contributed by atoms with Gasteiger partial charge >= 0.3 is 12.1 Å². The molecule has 0 bridgehead atoms. The molecule has 0 aliphatic heterocycles. The normalized spacial score (nSPS) is 11.7. The minimum atomic E-state index is -4.70. The summed E-state index contributed by atoms with van der Waals surface area (Å²) in [6.07, 6.45) is -4.70. The number of aryl methyl sites for hydroxylation is 2. The van der Waals surface area contributed by atoms with Gasteiger partial charge in [-0.25, -0.2) is 4.79 Å². The lowest BCUT2D eigenvalue weighted by molar-refractivity contribution is -0.138. The van der Waals surface area contributed by atoms with Crippen LogP contribution in [0.3, 0.4) is 0 Å². The molecule has 0 amide bonds. The van der Waals surface area contributed by atoms with Gasteiger partial charge in [-0.15, -0.1) is 0 Å². The molecule has 1 aromatic carbocycles. The molecule has 0 fully saturated rings. The topological polar surface area (TPSA) is 55.1 Å². The van der Waals surface area contributed by atoms with Crippen molar-refractivity contribution in [2.45, 2.75) is 20.0 Å². The molecule has 1 N–H and O–H groups in total. The van der Waals surface area contributed by atoms with Crippen LogP contribution in [0, 0.1) is 13.8 Å². The lowest BCUT2D eigenvalue weighted by Gasteiger charge is -2.12. The quantitative estimate of drug-likeness (QED) is 0.924. The zero-order valence-corrected chi connectivity index (χ0v) is 11.6. The minimum Gasteiger partial charge on any atom is -0.478 e. The SMILES string of the molecule is Cc1nn(C)c(C)c1-c1ccc(C(F)(F)F)c(C(=O)O)c1. The van der Waals surface area contributed by atoms with Gasteiger partial charge in [-0.2, -0.15) is 18.3 Å². The van der Waals surface area contributed by atoms with Gasteiger partial charge in [-0.05, 0) is 31.5 Å². The van der Waals surface area contributed by atoms with E-state index < -0.39 is 23.3 Å². The van der Waals surface area contributed by atoms with Gasteiger partial charge in [-0.3, -0.25) is 4.68 Å². The Morgan fingerprint density at radius 3 is 2.33 bits per heavy atom. The Bertz CT molecular complexity index is 718. The van der Waals surface area contributed by atoms with Crippen LogP contribution in [0.4, 0.5) is 13.2 Å². The Balaban J connectivity index is 2.68. The van der Waals surface area contributed by atoms with Crippen LogP contribution >= 0.6 is 0 Å². The standard InChI is InChI=1S/C14H13F3N2O2/c1-7-12(8(2)19(3)18-7)9-4-5-11(14(15,16)17)10(6-9)13(20)21/h4-6H,1-3H3,(H,20,21). The van der Waals surface area contributed by atoms with Gasteiger partial charge in [-0.1, -0.05) is 6.07 Å². The highest BCUT2D eigenvalue weighted by Crippen LogP contribution is 2.35. The Morgan fingerprint density at radius 1 is 1.29 bits per heavy atom. The van der Waals surface area contributed by atoms with Crippen LogP contribution in [0.25, 0.3) is 11.1 Å². The Hall–Kier alpha value is -2.31. The summed E-state index contributed by atoms with van der Waals surface area (Å²) in [7, 11) is 1.72. The van der Waals surface area contributed by atoms with Crippen LogP contribution < -0.4 is 0 Å². The molecule has 4 nitrogen and oxygen atoms in total. The second-order valence-electron chi connectivity index (χ2n) is 4.73. The van der Waals surface area contributed by atoms with E-state index in [1.807, 2.05) is 0 Å². The number of aromatic nitrogens is 2. The second-order valence-corrected chi connectivity index (χ2v) is 4.73. The summed E-state index contributed by atoms with van der Waals surface area (Å²) in [6, 6.07) is 3.11. The van der Waals surface area contributed by atoms with Crippen molar-refractivity contribution in [1.82, 2.24) is 9.78 Å². The van der Waals surface area contributed by atoms with Gasteiger partial charge in [0.2, 0.25) is 0 Å². The van der Waals surface area contributed by atoms with Crippen LogP contribution in [0.5, 0.6) is 0 Å². The number of aromatic carboxylic acids is 1. The molecule has 1 heterocycles. The monoisotopic (exact) mass is 298 g/mol. The van der Waals surface area contributed by atoms with Crippen LogP contribution in [-0.2, 0) is 13.2 Å². The van der Waals surface area contributed by atoms with Gasteiger partial charge in [0, 0.05) is 18.3 Å². The lowest BCUT2D eigenvalue weighted by Crippen LogP contribution is -2.13. The predicted octanol–water partition coefficient (Wildman–Crippen LogP) is 3.42. The minimum absolute atomic E-state index is 0.406. The summed E-state index contributed by atoms with van der Waals surface area (Å²) in [5, 5.41) is 13.2. The Morgan fingerprint density at radius 2 is 1.90 bits per heavy atom. The summed E-state index contributed by atoms with van der Waals surface area (Å²) >= 11 is 0. The van der Waals surface area contributed by atoms with Crippen LogP contribution in [0.1, 0.15) is 27.3 Å². The first-order chi connectivity index (χ1) is 9.62. The number of hydrogen-bond donors (Lipinski definition) is 1. The van der Waals surface area contributed by atoms with Gasteiger partial charge in [0.15, 0.2) is 0 Å². The second kappa shape index (κ2) is 4.91. The number of carbonyl (C=O) groups is 1. The van der Waals surface area contributed by atoms with Gasteiger partial charge < -0.3 is 5.11 Å². The number of halogens is 3. The van der Waals surface area contributed by atoms with Crippen LogP contribution in [-0.4, -0.2) is 20.9 Å². The molecular weight excluding hydrogens is 285 g/mol. The molecule has 2 aromatic rings. The maximum absolute atomic E-state index is 12.8. The number of rotatable bonds is 2. The van der Waals surface area contributed by atoms with E-state index in [1.54, 1.807) is 25.6 Å². The first-order valence-corrected chi connectivity index (χ1v) is 6.08. The predicted molar refractivity (Wildman–Crippen MR) is 70.1 cm³/mol. The van der Waals surface area contributed by atoms with E-state index in [0.29, 0.717) is 16.8 Å². The van der Waals surface area contributed by atoms with Gasteiger partial charge in [0.05, 0.1) is 16.8 Å². The third-order valence-electron chi connectivity index (χ3n) is 3.35. The lowest BCUT2D eigenvalue weighted by atomic mass is 9.97. The van der Waals surface area contributed by atoms with E-state index in [0.717, 1.165) is 17.8 Å². The van der Waals surface area contributed by atoms with Crippen LogP contribution in [0.2, 0.25) is 0 Å². The Kier molecular flexibility index (Phi) is 3.52. The van der Waals surface area contributed by atoms with Gasteiger partial charge in [0.1, 0.15) is 0 Å². The van der Waals surface area contributed by atoms with E-state index in [1.165, 1.54) is 6.07 Å². The maximum atomic E-state index is 12.8. The molecule has 112 valence electrons. The van der Waals surface area contributed by atoms with Crippen molar-refractivity contribution < 1.29 is 23.1 Å². The molecule has 7 heteroatoms. The van der Waals surface area contributed by atoms with Crippen molar-refractivity contribution in [2.24, 2.45) is 7.05 Å². The van der Waals surface area contributed by atoms with E-state index >= 15 is 0 Å². The summed E-state index contributed by atoms with van der Waals surface area (Å²) in [6.45, 7) is 3.49. The smallest absolute Gasteiger partial charge is 0.417 e. The zero-order chi connectivity index (χ0) is 15.9. The molecule has 1 aromatic heterocycles. The highest BCUT2D eigenvalue weighted by molar-refractivity contribution is 5.91. The molecule has 0 saturated heterocycles. The average Bonchev–Trinajstić information content (AvgIpc) is 2.61. The first-order valence-electron chi connectivity index (χ1n) is 6.08. The summed E-state index contributed by atoms with van der Waals surface area (Å²) in [4.78, 5) is 11.1. The van der Waals surface area contributed by atoms with E-state index in [2.05, 4.69) is 5.10 Å². The van der Waals surface area contributed by atoms with Crippen molar-refractivity contribution in [3.8, 4) is 11.1 Å². The number of carboxylic acids is 1. The van der Waals surface area contributed by atoms with Crippen molar-refractivity contribution in [1.29, 1.82) is 0 Å². The first kappa shape index (κ1) is 15.1. The summed E-state index contributed by atoms with van der Waals surface area (Å²) < 4.78 is 40.1. The largest absolute Gasteiger partial charge is 0.478 e. The number of alkyl halides is 3. The van der Waals surface area contributed by atoms with Crippen molar-refractivity contribution >= 4 is 5.97 Å². The fourth-order valence-electron chi connectivity index (χ4n) is 2.32. The number of nitrogens with zero attached hydrogens (tertiary/aromatic N) is 2. The third kappa shape index (κ3) is 2.63. The molecule has 0 atom stereocenters. The summed E-state index contributed by atoms with van der Waals surface area (Å²) in [5.41, 5.74) is 0.521. The van der Waals surface area contributed by atoms with Crippen molar-refractivity contribution in [3.05, 3.63) is 40.7 Å². The molecule has 21 heavy (non-hydrogen) atoms. The van der Waals surface area contributed by atoms with E-state index in [9.17, 15) is 18.0 Å². The molecule has 0 unspecified atom stereocenters. The van der Waals surface area contributed by atoms with Gasteiger partial charge in [0.25, 0.3) is 0 Å². The van der Waals surface area contributed by atoms with E-state index in [4.69, 9.17) is 5.11 Å².